The topological polar surface area (TPSA) is 54.6 Å². The van der Waals surface area contributed by atoms with Crippen LogP contribution >= 0.6 is 0 Å². The third kappa shape index (κ3) is 0.888. The van der Waals surface area contributed by atoms with E-state index in [1.165, 1.54) is 6.07 Å². The van der Waals surface area contributed by atoms with Crippen LogP contribution in [0.2, 0.25) is 0 Å². The van der Waals surface area contributed by atoms with Crippen LogP contribution in [0, 0.1) is 0 Å². The van der Waals surface area contributed by atoms with E-state index in [2.05, 4.69) is 5.32 Å². The quantitative estimate of drug-likeness (QED) is 0.539. The van der Waals surface area contributed by atoms with E-state index in [1.807, 2.05) is 0 Å². The summed E-state index contributed by atoms with van der Waals surface area (Å²) in [5, 5.41) is 22.3. The second-order valence-electron chi connectivity index (χ2n) is 2.60. The molecular formula is C8H8NO2. The van der Waals surface area contributed by atoms with Gasteiger partial charge in [0.2, 0.25) is 0 Å². The van der Waals surface area contributed by atoms with Gasteiger partial charge in [0.05, 0.1) is 5.69 Å². The highest BCUT2D eigenvalue weighted by Crippen LogP contribution is 2.33. The number of phenols is 2. The van der Waals surface area contributed by atoms with Crippen LogP contribution in [0.5, 0.6) is 11.5 Å². The molecule has 0 saturated carbocycles. The molecule has 3 nitrogen and oxygen atoms in total. The normalized spacial score (nSPS) is 14.2. The van der Waals surface area contributed by atoms with Crippen LogP contribution in [0.15, 0.2) is 12.1 Å². The highest BCUT2D eigenvalue weighted by molar-refractivity contribution is 5.57. The number of benzene rings is 1. The SMILES string of the molecule is Oc1cc2c(cc1O)[N]CC2. The van der Waals surface area contributed by atoms with Gasteiger partial charge < -0.3 is 10.2 Å². The third-order valence-electron chi connectivity index (χ3n) is 1.84. The fourth-order valence-corrected chi connectivity index (χ4v) is 1.25. The fourth-order valence-electron chi connectivity index (χ4n) is 1.25. The van der Waals surface area contributed by atoms with Gasteiger partial charge in [-0.3, -0.25) is 5.32 Å². The molecule has 1 aliphatic rings. The van der Waals surface area contributed by atoms with Gasteiger partial charge in [-0.1, -0.05) is 0 Å². The van der Waals surface area contributed by atoms with E-state index in [-0.39, 0.29) is 11.5 Å². The molecule has 0 spiro atoms. The van der Waals surface area contributed by atoms with Crippen molar-refractivity contribution in [1.82, 2.24) is 5.32 Å². The molecule has 1 heterocycles. The zero-order valence-electron chi connectivity index (χ0n) is 5.91. The number of nitrogens with zero attached hydrogens (tertiary/aromatic N) is 1. The molecule has 0 saturated heterocycles. The van der Waals surface area contributed by atoms with E-state index < -0.39 is 0 Å². The first-order valence-corrected chi connectivity index (χ1v) is 3.50. The van der Waals surface area contributed by atoms with Crippen molar-refractivity contribution in [3.05, 3.63) is 17.7 Å². The summed E-state index contributed by atoms with van der Waals surface area (Å²) in [6.07, 6.45) is 0.864. The van der Waals surface area contributed by atoms with Crippen LogP contribution in [-0.4, -0.2) is 16.8 Å². The molecule has 0 bridgehead atoms. The molecule has 2 rings (SSSR count). The largest absolute Gasteiger partial charge is 0.504 e. The van der Waals surface area contributed by atoms with Crippen molar-refractivity contribution in [1.29, 1.82) is 0 Å². The van der Waals surface area contributed by atoms with Crippen LogP contribution in [-0.2, 0) is 6.42 Å². The molecule has 0 atom stereocenters. The van der Waals surface area contributed by atoms with E-state index in [4.69, 9.17) is 10.2 Å². The zero-order valence-corrected chi connectivity index (χ0v) is 5.91. The lowest BCUT2D eigenvalue weighted by molar-refractivity contribution is 0.403. The van der Waals surface area contributed by atoms with Crippen LogP contribution in [0.3, 0.4) is 0 Å². The Morgan fingerprint density at radius 1 is 1.18 bits per heavy atom. The molecule has 1 radical (unpaired) electrons. The van der Waals surface area contributed by atoms with Crippen molar-refractivity contribution in [2.45, 2.75) is 6.42 Å². The minimum atomic E-state index is -0.0885. The lowest BCUT2D eigenvalue weighted by atomic mass is 10.1. The van der Waals surface area contributed by atoms with Gasteiger partial charge in [0.25, 0.3) is 0 Å². The summed E-state index contributed by atoms with van der Waals surface area (Å²) in [5.41, 5.74) is 1.82. The summed E-state index contributed by atoms with van der Waals surface area (Å²) in [4.78, 5) is 0. The fraction of sp³-hybridized carbons (Fsp3) is 0.250. The van der Waals surface area contributed by atoms with Crippen molar-refractivity contribution in [3.63, 3.8) is 0 Å². The minimum absolute atomic E-state index is 0.0548. The standard InChI is InChI=1S/C8H8NO2/c10-7-3-5-1-2-9-6(5)4-8(7)11/h3-4,10-11H,1-2H2. The van der Waals surface area contributed by atoms with Crippen molar-refractivity contribution in [2.75, 3.05) is 6.54 Å². The number of phenolic OH excluding ortho intramolecular Hbond substituents is 2. The molecule has 1 aromatic rings. The summed E-state index contributed by atoms with van der Waals surface area (Å²) in [7, 11) is 0. The molecule has 0 fully saturated rings. The maximum Gasteiger partial charge on any atom is 0.159 e. The predicted octanol–water partition coefficient (Wildman–Crippen LogP) is 0.890. The molecule has 0 amide bonds. The molecular weight excluding hydrogens is 142 g/mol. The van der Waals surface area contributed by atoms with Gasteiger partial charge in [0.15, 0.2) is 11.5 Å². The van der Waals surface area contributed by atoms with Crippen LogP contribution in [0.4, 0.5) is 5.69 Å². The monoisotopic (exact) mass is 150 g/mol. The second kappa shape index (κ2) is 2.05. The molecule has 1 aliphatic heterocycles. The van der Waals surface area contributed by atoms with E-state index in [0.29, 0.717) is 0 Å². The number of rotatable bonds is 0. The summed E-state index contributed by atoms with van der Waals surface area (Å²) < 4.78 is 0. The zero-order chi connectivity index (χ0) is 7.84. The molecule has 3 heteroatoms. The first-order chi connectivity index (χ1) is 5.27. The highest BCUT2D eigenvalue weighted by Gasteiger charge is 2.14. The lowest BCUT2D eigenvalue weighted by Crippen LogP contribution is -1.88. The molecule has 11 heavy (non-hydrogen) atoms. The van der Waals surface area contributed by atoms with E-state index >= 15 is 0 Å². The number of aromatic hydroxyl groups is 2. The Hall–Kier alpha value is -1.38. The minimum Gasteiger partial charge on any atom is -0.504 e. The molecule has 0 unspecified atom stereocenters. The molecule has 57 valence electrons. The summed E-state index contributed by atoms with van der Waals surface area (Å²) in [5.74, 6) is -0.143. The smallest absolute Gasteiger partial charge is 0.159 e. The van der Waals surface area contributed by atoms with Gasteiger partial charge in [-0.15, -0.1) is 0 Å². The van der Waals surface area contributed by atoms with Gasteiger partial charge in [-0.05, 0) is 18.1 Å². The molecule has 0 aliphatic carbocycles. The summed E-state index contributed by atoms with van der Waals surface area (Å²) >= 11 is 0. The van der Waals surface area contributed by atoms with Crippen LogP contribution in [0.1, 0.15) is 5.56 Å². The van der Waals surface area contributed by atoms with Gasteiger partial charge in [-0.25, -0.2) is 0 Å². The lowest BCUT2D eigenvalue weighted by Gasteiger charge is -2.00. The highest BCUT2D eigenvalue weighted by atomic mass is 16.3. The van der Waals surface area contributed by atoms with Gasteiger partial charge in [0, 0.05) is 12.6 Å². The number of hydrogen-bond acceptors (Lipinski definition) is 2. The Kier molecular flexibility index (Phi) is 1.18. The van der Waals surface area contributed by atoms with Crippen molar-refractivity contribution >= 4 is 5.69 Å². The Balaban J connectivity index is 2.57. The Morgan fingerprint density at radius 3 is 2.73 bits per heavy atom. The molecule has 0 aromatic heterocycles. The average molecular weight is 150 g/mol. The van der Waals surface area contributed by atoms with Crippen LogP contribution < -0.4 is 5.32 Å². The van der Waals surface area contributed by atoms with E-state index in [1.54, 1.807) is 6.07 Å². The first-order valence-electron chi connectivity index (χ1n) is 3.50. The first kappa shape index (κ1) is 6.34. The van der Waals surface area contributed by atoms with E-state index in [0.717, 1.165) is 24.2 Å². The number of fused-ring (bicyclic) bond motifs is 1. The second-order valence-corrected chi connectivity index (χ2v) is 2.60. The summed E-state index contributed by atoms with van der Waals surface area (Å²) in [6.45, 7) is 0.762. The average Bonchev–Trinajstić information content (AvgIpc) is 2.36. The van der Waals surface area contributed by atoms with Gasteiger partial charge >= 0.3 is 0 Å². The number of hydrogen-bond donors (Lipinski definition) is 2. The third-order valence-corrected chi connectivity index (χ3v) is 1.84. The molecule has 1 aromatic carbocycles. The Morgan fingerprint density at radius 2 is 1.91 bits per heavy atom. The Labute approximate surface area is 64.3 Å². The predicted molar refractivity (Wildman–Crippen MR) is 40.1 cm³/mol. The van der Waals surface area contributed by atoms with E-state index in [9.17, 15) is 0 Å². The van der Waals surface area contributed by atoms with Crippen molar-refractivity contribution in [2.24, 2.45) is 0 Å². The Bertz CT molecular complexity index is 267. The van der Waals surface area contributed by atoms with Crippen molar-refractivity contribution < 1.29 is 10.2 Å². The summed E-state index contributed by atoms with van der Waals surface area (Å²) in [6, 6.07) is 3.07. The maximum atomic E-state index is 9.09. The van der Waals surface area contributed by atoms with Crippen molar-refractivity contribution in [3.8, 4) is 11.5 Å². The maximum absolute atomic E-state index is 9.09. The van der Waals surface area contributed by atoms with Gasteiger partial charge in [-0.2, -0.15) is 0 Å². The van der Waals surface area contributed by atoms with Gasteiger partial charge in [0.1, 0.15) is 0 Å². The van der Waals surface area contributed by atoms with Crippen LogP contribution in [0.25, 0.3) is 0 Å². The molecule has 2 N–H and O–H groups in total.